The lowest BCUT2D eigenvalue weighted by Crippen LogP contribution is -2.31. The van der Waals surface area contributed by atoms with E-state index in [1.165, 1.54) is 0 Å². The van der Waals surface area contributed by atoms with E-state index in [9.17, 15) is 4.79 Å². The summed E-state index contributed by atoms with van der Waals surface area (Å²) in [6.07, 6.45) is 2.28. The van der Waals surface area contributed by atoms with E-state index in [4.69, 9.17) is 5.11 Å². The van der Waals surface area contributed by atoms with Gasteiger partial charge in [-0.05, 0) is 29.9 Å². The number of nitrogens with zero attached hydrogens (tertiary/aromatic N) is 1. The number of rotatable bonds is 6. The summed E-state index contributed by atoms with van der Waals surface area (Å²) in [7, 11) is 1.86. The number of thiophene rings is 1. The smallest absolute Gasteiger partial charge is 0.225 e. The Balaban J connectivity index is 2.61. The van der Waals surface area contributed by atoms with Crippen LogP contribution >= 0.6 is 11.3 Å². The van der Waals surface area contributed by atoms with Crippen LogP contribution in [0.1, 0.15) is 43.6 Å². The molecule has 0 aliphatic carbocycles. The quantitative estimate of drug-likeness (QED) is 0.819. The molecule has 0 radical (unpaired) electrons. The van der Waals surface area contributed by atoms with Crippen LogP contribution < -0.4 is 0 Å². The molecule has 1 heterocycles. The first kappa shape index (κ1) is 16.7. The van der Waals surface area contributed by atoms with Gasteiger partial charge in [-0.15, -0.1) is 11.3 Å². The maximum absolute atomic E-state index is 12.2. The maximum atomic E-state index is 12.2. The Kier molecular flexibility index (Phi) is 7.35. The number of carbonyl (C=O) groups excluding carboxylic acids is 1. The van der Waals surface area contributed by atoms with Gasteiger partial charge in [0.15, 0.2) is 0 Å². The fourth-order valence-electron chi connectivity index (χ4n) is 2.03. The number of aliphatic hydroxyl groups excluding tert-OH is 1. The molecule has 0 atom stereocenters. The highest BCUT2D eigenvalue weighted by Crippen LogP contribution is 2.17. The third-order valence-corrected chi connectivity index (χ3v) is 4.13. The van der Waals surface area contributed by atoms with Crippen LogP contribution in [0.15, 0.2) is 11.4 Å². The fourth-order valence-corrected chi connectivity index (χ4v) is 2.80. The van der Waals surface area contributed by atoms with E-state index >= 15 is 0 Å². The molecule has 3 nitrogen and oxygen atoms in total. The third kappa shape index (κ3) is 4.99. The summed E-state index contributed by atoms with van der Waals surface area (Å²) in [6.45, 7) is 4.84. The second-order valence-electron chi connectivity index (χ2n) is 4.80. The second kappa shape index (κ2) is 8.78. The Morgan fingerprint density at radius 2 is 2.15 bits per heavy atom. The van der Waals surface area contributed by atoms with Gasteiger partial charge in [0.2, 0.25) is 5.91 Å². The van der Waals surface area contributed by atoms with Gasteiger partial charge in [0.05, 0.1) is 11.5 Å². The van der Waals surface area contributed by atoms with Crippen LogP contribution in [0.25, 0.3) is 0 Å². The van der Waals surface area contributed by atoms with E-state index in [1.54, 1.807) is 16.2 Å². The van der Waals surface area contributed by atoms with Gasteiger partial charge in [0.25, 0.3) is 0 Å². The number of hydrogen-bond acceptors (Lipinski definition) is 3. The number of carbonyl (C=O) groups is 1. The Hall–Kier alpha value is -1.31. The summed E-state index contributed by atoms with van der Waals surface area (Å²) in [5, 5.41) is 10.7. The van der Waals surface area contributed by atoms with Crippen molar-refractivity contribution >= 4 is 17.2 Å². The first-order valence-corrected chi connectivity index (χ1v) is 7.92. The zero-order chi connectivity index (χ0) is 15.0. The minimum absolute atomic E-state index is 0.0951. The van der Waals surface area contributed by atoms with Gasteiger partial charge in [-0.25, -0.2) is 0 Å². The number of aliphatic hydroxyl groups is 1. The van der Waals surface area contributed by atoms with Crippen molar-refractivity contribution in [3.05, 3.63) is 21.9 Å². The van der Waals surface area contributed by atoms with Crippen molar-refractivity contribution < 1.29 is 9.90 Å². The molecule has 0 aliphatic rings. The molecule has 0 aliphatic heterocycles. The van der Waals surface area contributed by atoms with Crippen LogP contribution in [0.4, 0.5) is 0 Å². The Labute approximate surface area is 125 Å². The van der Waals surface area contributed by atoms with Crippen LogP contribution in [-0.2, 0) is 11.3 Å². The summed E-state index contributed by atoms with van der Waals surface area (Å²) in [4.78, 5) is 15.0. The molecule has 4 heteroatoms. The van der Waals surface area contributed by atoms with Crippen molar-refractivity contribution in [3.63, 3.8) is 0 Å². The van der Waals surface area contributed by atoms with Gasteiger partial charge in [-0.2, -0.15) is 0 Å². The standard InChI is InChI=1S/C16H23NO2S/c1-4-14(5-2)16(19)17(3)11-13-10-15(20-12-13)8-6-7-9-18/h10,12,14,18H,4-5,7,9,11H2,1-3H3. The van der Waals surface area contributed by atoms with E-state index in [2.05, 4.69) is 25.7 Å². The topological polar surface area (TPSA) is 40.5 Å². The highest BCUT2D eigenvalue weighted by atomic mass is 32.1. The molecule has 20 heavy (non-hydrogen) atoms. The zero-order valence-corrected chi connectivity index (χ0v) is 13.3. The van der Waals surface area contributed by atoms with Crippen molar-refractivity contribution in [2.75, 3.05) is 13.7 Å². The van der Waals surface area contributed by atoms with Gasteiger partial charge in [-0.1, -0.05) is 25.7 Å². The third-order valence-electron chi connectivity index (χ3n) is 3.23. The molecule has 0 bridgehead atoms. The predicted octanol–water partition coefficient (Wildman–Crippen LogP) is 2.88. The SMILES string of the molecule is CCC(CC)C(=O)N(C)Cc1csc(C#CCCO)c1. The van der Waals surface area contributed by atoms with Crippen LogP contribution in [0.2, 0.25) is 0 Å². The highest BCUT2D eigenvalue weighted by Gasteiger charge is 2.18. The van der Waals surface area contributed by atoms with Crippen LogP contribution in [0.5, 0.6) is 0 Å². The Morgan fingerprint density at radius 1 is 1.45 bits per heavy atom. The molecule has 0 aromatic carbocycles. The van der Waals surface area contributed by atoms with Gasteiger partial charge in [0.1, 0.15) is 0 Å². The van der Waals surface area contributed by atoms with Crippen molar-refractivity contribution in [1.29, 1.82) is 0 Å². The summed E-state index contributed by atoms with van der Waals surface area (Å²) in [5.41, 5.74) is 1.12. The van der Waals surface area contributed by atoms with E-state index in [0.29, 0.717) is 13.0 Å². The molecule has 1 amide bonds. The average molecular weight is 293 g/mol. The van der Waals surface area contributed by atoms with E-state index in [0.717, 1.165) is 23.3 Å². The fraction of sp³-hybridized carbons (Fsp3) is 0.562. The molecule has 1 rings (SSSR count). The molecule has 0 unspecified atom stereocenters. The molecule has 1 N–H and O–H groups in total. The summed E-state index contributed by atoms with van der Waals surface area (Å²) < 4.78 is 0. The minimum Gasteiger partial charge on any atom is -0.395 e. The minimum atomic E-state index is 0.0951. The van der Waals surface area contributed by atoms with Crippen LogP contribution in [-0.4, -0.2) is 29.6 Å². The number of hydrogen-bond donors (Lipinski definition) is 1. The van der Waals surface area contributed by atoms with Crippen molar-refractivity contribution in [2.45, 2.75) is 39.7 Å². The van der Waals surface area contributed by atoms with Gasteiger partial charge >= 0.3 is 0 Å². The van der Waals surface area contributed by atoms with E-state index in [-0.39, 0.29) is 18.4 Å². The van der Waals surface area contributed by atoms with Gasteiger partial charge < -0.3 is 10.0 Å². The second-order valence-corrected chi connectivity index (χ2v) is 5.71. The highest BCUT2D eigenvalue weighted by molar-refractivity contribution is 7.10. The first-order valence-electron chi connectivity index (χ1n) is 7.04. The Bertz CT molecular complexity index is 480. The molecule has 0 saturated carbocycles. The molecule has 0 saturated heterocycles. The lowest BCUT2D eigenvalue weighted by atomic mass is 10.0. The van der Waals surface area contributed by atoms with E-state index in [1.807, 2.05) is 18.5 Å². The van der Waals surface area contributed by atoms with Crippen molar-refractivity contribution in [2.24, 2.45) is 5.92 Å². The Morgan fingerprint density at radius 3 is 2.75 bits per heavy atom. The lowest BCUT2D eigenvalue weighted by Gasteiger charge is -2.21. The van der Waals surface area contributed by atoms with Crippen molar-refractivity contribution in [3.8, 4) is 11.8 Å². The van der Waals surface area contributed by atoms with E-state index < -0.39 is 0 Å². The molecule has 110 valence electrons. The monoisotopic (exact) mass is 293 g/mol. The summed E-state index contributed by atoms with van der Waals surface area (Å²) >= 11 is 1.58. The molecule has 1 aromatic heterocycles. The first-order chi connectivity index (χ1) is 9.62. The molecule has 1 aromatic rings. The van der Waals surface area contributed by atoms with Gasteiger partial charge in [-0.3, -0.25) is 4.79 Å². The average Bonchev–Trinajstić information content (AvgIpc) is 2.88. The van der Waals surface area contributed by atoms with Crippen LogP contribution in [0, 0.1) is 17.8 Å². The van der Waals surface area contributed by atoms with Crippen LogP contribution in [0.3, 0.4) is 0 Å². The molecule has 0 spiro atoms. The maximum Gasteiger partial charge on any atom is 0.225 e. The molecule has 0 fully saturated rings. The lowest BCUT2D eigenvalue weighted by molar-refractivity contribution is -0.134. The summed E-state index contributed by atoms with van der Waals surface area (Å²) in [6, 6.07) is 2.02. The van der Waals surface area contributed by atoms with Crippen molar-refractivity contribution in [1.82, 2.24) is 4.90 Å². The predicted molar refractivity (Wildman–Crippen MR) is 83.4 cm³/mol. The van der Waals surface area contributed by atoms with Gasteiger partial charge in [0, 0.05) is 25.9 Å². The largest absolute Gasteiger partial charge is 0.395 e. The number of amides is 1. The normalized spacial score (nSPS) is 10.2. The molecular weight excluding hydrogens is 270 g/mol. The molecular formula is C16H23NO2S. The summed E-state index contributed by atoms with van der Waals surface area (Å²) in [5.74, 6) is 6.27. The zero-order valence-electron chi connectivity index (χ0n) is 12.5.